The number of para-hydroxylation sites is 2. The maximum atomic E-state index is 12.3. The molecule has 30 heavy (non-hydrogen) atoms. The molecule has 0 radical (unpaired) electrons. The van der Waals surface area contributed by atoms with Gasteiger partial charge >= 0.3 is 6.03 Å². The van der Waals surface area contributed by atoms with Gasteiger partial charge in [0.2, 0.25) is 0 Å². The number of hydrogen-bond acceptors (Lipinski definition) is 3. The van der Waals surface area contributed by atoms with Crippen LogP contribution in [-0.2, 0) is 0 Å². The van der Waals surface area contributed by atoms with Crippen molar-refractivity contribution in [1.82, 2.24) is 19.7 Å². The monoisotopic (exact) mass is 394 g/mol. The first-order valence-electron chi connectivity index (χ1n) is 9.48. The Labute approximate surface area is 172 Å². The molecule has 0 unspecified atom stereocenters. The lowest BCUT2D eigenvalue weighted by Crippen LogP contribution is -2.19. The predicted molar refractivity (Wildman–Crippen MR) is 118 cm³/mol. The standard InChI is InChI=1S/C23H18N6O/c30-23(26-22-14-20(27-28-22)16-6-2-1-3-7-16)25-17-10-12-18(13-11-17)29-15-24-19-8-4-5-9-21(19)29/h1-15H,(H3,25,26,27,28,30). The van der Waals surface area contributed by atoms with Crippen LogP contribution in [0.3, 0.4) is 0 Å². The molecule has 0 fully saturated rings. The maximum Gasteiger partial charge on any atom is 0.324 e. The number of rotatable bonds is 4. The topological polar surface area (TPSA) is 87.6 Å². The number of carbonyl (C=O) groups is 1. The van der Waals surface area contributed by atoms with E-state index in [0.717, 1.165) is 28.0 Å². The zero-order chi connectivity index (χ0) is 20.3. The van der Waals surface area contributed by atoms with Gasteiger partial charge in [-0.2, -0.15) is 5.10 Å². The number of urea groups is 1. The van der Waals surface area contributed by atoms with Gasteiger partial charge in [-0.3, -0.25) is 15.0 Å². The number of anilines is 2. The lowest BCUT2D eigenvalue weighted by atomic mass is 10.2. The van der Waals surface area contributed by atoms with Crippen LogP contribution < -0.4 is 10.6 Å². The van der Waals surface area contributed by atoms with E-state index in [2.05, 4.69) is 25.8 Å². The lowest BCUT2D eigenvalue weighted by molar-refractivity contribution is 0.262. The van der Waals surface area contributed by atoms with Crippen molar-refractivity contribution in [1.29, 1.82) is 0 Å². The Hall–Kier alpha value is -4.39. The van der Waals surface area contributed by atoms with Crippen molar-refractivity contribution < 1.29 is 4.79 Å². The Bertz CT molecular complexity index is 1300. The fraction of sp³-hybridized carbons (Fsp3) is 0. The van der Waals surface area contributed by atoms with E-state index in [-0.39, 0.29) is 6.03 Å². The number of nitrogens with one attached hydrogen (secondary N) is 3. The van der Waals surface area contributed by atoms with E-state index < -0.39 is 0 Å². The molecule has 0 aliphatic rings. The quantitative estimate of drug-likeness (QED) is 0.398. The average Bonchev–Trinajstić information content (AvgIpc) is 3.42. The second kappa shape index (κ2) is 7.56. The molecule has 0 bridgehead atoms. The van der Waals surface area contributed by atoms with Crippen molar-refractivity contribution in [3.05, 3.63) is 91.3 Å². The molecule has 0 spiro atoms. The molecule has 2 amide bonds. The van der Waals surface area contributed by atoms with Crippen LogP contribution in [0.2, 0.25) is 0 Å². The van der Waals surface area contributed by atoms with Gasteiger partial charge in [-0.05, 0) is 42.0 Å². The van der Waals surface area contributed by atoms with Gasteiger partial charge in [0.15, 0.2) is 5.82 Å². The highest BCUT2D eigenvalue weighted by Gasteiger charge is 2.08. The number of hydrogen-bond donors (Lipinski definition) is 3. The van der Waals surface area contributed by atoms with Crippen LogP contribution >= 0.6 is 0 Å². The lowest BCUT2D eigenvalue weighted by Gasteiger charge is -2.08. The molecule has 7 heteroatoms. The third-order valence-electron chi connectivity index (χ3n) is 4.76. The van der Waals surface area contributed by atoms with Crippen molar-refractivity contribution in [3.63, 3.8) is 0 Å². The van der Waals surface area contributed by atoms with Crippen LogP contribution in [0.1, 0.15) is 0 Å². The smallest absolute Gasteiger partial charge is 0.308 e. The van der Waals surface area contributed by atoms with Gasteiger partial charge in [-0.25, -0.2) is 9.78 Å². The van der Waals surface area contributed by atoms with Crippen LogP contribution in [0.25, 0.3) is 28.0 Å². The maximum absolute atomic E-state index is 12.3. The molecule has 3 aromatic carbocycles. The minimum atomic E-state index is -0.359. The number of nitrogens with zero attached hydrogens (tertiary/aromatic N) is 3. The molecule has 2 aromatic heterocycles. The molecule has 3 N–H and O–H groups in total. The van der Waals surface area contributed by atoms with Gasteiger partial charge < -0.3 is 5.32 Å². The molecule has 0 aliphatic heterocycles. The Kier molecular flexibility index (Phi) is 4.46. The summed E-state index contributed by atoms with van der Waals surface area (Å²) in [6, 6.07) is 26.8. The fourth-order valence-corrected chi connectivity index (χ4v) is 3.30. The number of aromatic amines is 1. The molecular weight excluding hydrogens is 376 g/mol. The summed E-state index contributed by atoms with van der Waals surface area (Å²) in [6.07, 6.45) is 1.79. The molecule has 5 rings (SSSR count). The summed E-state index contributed by atoms with van der Waals surface area (Å²) in [5.41, 5.74) is 5.45. The molecule has 7 nitrogen and oxygen atoms in total. The summed E-state index contributed by atoms with van der Waals surface area (Å²) in [7, 11) is 0. The highest BCUT2D eigenvalue weighted by Crippen LogP contribution is 2.21. The zero-order valence-electron chi connectivity index (χ0n) is 15.9. The van der Waals surface area contributed by atoms with Crippen molar-refractivity contribution in [2.24, 2.45) is 0 Å². The molecule has 0 aliphatic carbocycles. The van der Waals surface area contributed by atoms with Crippen molar-refractivity contribution >= 4 is 28.6 Å². The van der Waals surface area contributed by atoms with Crippen molar-refractivity contribution in [2.45, 2.75) is 0 Å². The van der Waals surface area contributed by atoms with Crippen LogP contribution in [0.5, 0.6) is 0 Å². The summed E-state index contributed by atoms with van der Waals surface area (Å²) in [5, 5.41) is 12.6. The number of amides is 2. The van der Waals surface area contributed by atoms with Gasteiger partial charge in [0.1, 0.15) is 6.33 Å². The van der Waals surface area contributed by atoms with Gasteiger partial charge in [0.05, 0.1) is 16.7 Å². The van der Waals surface area contributed by atoms with E-state index in [1.165, 1.54) is 0 Å². The summed E-state index contributed by atoms with van der Waals surface area (Å²) in [6.45, 7) is 0. The van der Waals surface area contributed by atoms with E-state index in [1.54, 1.807) is 12.4 Å². The Balaban J connectivity index is 1.26. The summed E-state index contributed by atoms with van der Waals surface area (Å²) >= 11 is 0. The fourth-order valence-electron chi connectivity index (χ4n) is 3.30. The molecule has 0 saturated heterocycles. The Morgan fingerprint density at radius 1 is 0.867 bits per heavy atom. The minimum Gasteiger partial charge on any atom is -0.308 e. The van der Waals surface area contributed by atoms with Crippen LogP contribution in [0.4, 0.5) is 16.3 Å². The third-order valence-corrected chi connectivity index (χ3v) is 4.76. The first-order chi connectivity index (χ1) is 14.8. The first kappa shape index (κ1) is 17.7. The molecule has 0 atom stereocenters. The number of H-pyrrole nitrogens is 1. The van der Waals surface area contributed by atoms with Gasteiger partial charge in [0.25, 0.3) is 0 Å². The van der Waals surface area contributed by atoms with Gasteiger partial charge in [0, 0.05) is 17.4 Å². The summed E-state index contributed by atoms with van der Waals surface area (Å²) in [4.78, 5) is 16.7. The molecule has 5 aromatic rings. The second-order valence-corrected chi connectivity index (χ2v) is 6.76. The number of benzene rings is 3. The normalized spacial score (nSPS) is 10.8. The van der Waals surface area contributed by atoms with Crippen molar-refractivity contribution in [2.75, 3.05) is 10.6 Å². The van der Waals surface area contributed by atoms with E-state index in [0.29, 0.717) is 11.5 Å². The van der Waals surface area contributed by atoms with E-state index in [1.807, 2.05) is 83.4 Å². The SMILES string of the molecule is O=C(Nc1ccc(-n2cnc3ccccc32)cc1)Nc1cc(-c2ccccc2)[nH]n1. The zero-order valence-corrected chi connectivity index (χ0v) is 15.9. The minimum absolute atomic E-state index is 0.359. The number of imidazole rings is 1. The summed E-state index contributed by atoms with van der Waals surface area (Å²) in [5.74, 6) is 0.452. The third kappa shape index (κ3) is 3.51. The van der Waals surface area contributed by atoms with Crippen molar-refractivity contribution in [3.8, 4) is 16.9 Å². The molecule has 146 valence electrons. The van der Waals surface area contributed by atoms with E-state index >= 15 is 0 Å². The molecule has 0 saturated carbocycles. The second-order valence-electron chi connectivity index (χ2n) is 6.76. The van der Waals surface area contributed by atoms with Gasteiger partial charge in [-0.15, -0.1) is 0 Å². The molecular formula is C23H18N6O. The summed E-state index contributed by atoms with van der Waals surface area (Å²) < 4.78 is 2.01. The highest BCUT2D eigenvalue weighted by molar-refractivity contribution is 5.99. The average molecular weight is 394 g/mol. The van der Waals surface area contributed by atoms with Gasteiger partial charge in [-0.1, -0.05) is 42.5 Å². The van der Waals surface area contributed by atoms with Crippen LogP contribution in [0.15, 0.2) is 91.3 Å². The highest BCUT2D eigenvalue weighted by atomic mass is 16.2. The predicted octanol–water partition coefficient (Wildman–Crippen LogP) is 5.06. The molecule has 2 heterocycles. The first-order valence-corrected chi connectivity index (χ1v) is 9.48. The number of carbonyl (C=O) groups excluding carboxylic acids is 1. The van der Waals surface area contributed by atoms with E-state index in [9.17, 15) is 4.79 Å². The number of fused-ring (bicyclic) bond motifs is 1. The Morgan fingerprint density at radius 2 is 1.63 bits per heavy atom. The van der Waals surface area contributed by atoms with Crippen LogP contribution in [0, 0.1) is 0 Å². The largest absolute Gasteiger partial charge is 0.324 e. The van der Waals surface area contributed by atoms with E-state index in [4.69, 9.17) is 0 Å². The van der Waals surface area contributed by atoms with Crippen LogP contribution in [-0.4, -0.2) is 25.8 Å². The Morgan fingerprint density at radius 3 is 2.47 bits per heavy atom. The number of aromatic nitrogens is 4.